The van der Waals surface area contributed by atoms with E-state index in [1.807, 2.05) is 0 Å². The second kappa shape index (κ2) is 5.72. The van der Waals surface area contributed by atoms with Crippen molar-refractivity contribution in [3.05, 3.63) is 45.5 Å². The Morgan fingerprint density at radius 2 is 2.10 bits per heavy atom. The van der Waals surface area contributed by atoms with Gasteiger partial charge in [-0.05, 0) is 34.1 Å². The van der Waals surface area contributed by atoms with E-state index in [1.54, 1.807) is 0 Å². The number of aliphatic hydroxyl groups is 1. The Kier molecular flexibility index (Phi) is 4.38. The summed E-state index contributed by atoms with van der Waals surface area (Å²) in [5.41, 5.74) is 0.0340. The molecule has 0 fully saturated rings. The number of rotatable bonds is 4. The van der Waals surface area contributed by atoms with Gasteiger partial charge in [0.05, 0.1) is 10.7 Å². The number of benzene rings is 1. The van der Waals surface area contributed by atoms with Gasteiger partial charge in [0.25, 0.3) is 10.0 Å². The fourth-order valence-electron chi connectivity index (χ4n) is 1.43. The molecule has 1 aromatic heterocycles. The van der Waals surface area contributed by atoms with Gasteiger partial charge in [-0.3, -0.25) is 4.72 Å². The third kappa shape index (κ3) is 3.14. The van der Waals surface area contributed by atoms with Gasteiger partial charge in [-0.15, -0.1) is 0 Å². The van der Waals surface area contributed by atoms with E-state index >= 15 is 0 Å². The van der Waals surface area contributed by atoms with E-state index in [2.05, 4.69) is 20.7 Å². The van der Waals surface area contributed by atoms with Crippen molar-refractivity contribution in [2.75, 3.05) is 4.72 Å². The molecule has 5 nitrogen and oxygen atoms in total. The van der Waals surface area contributed by atoms with Crippen molar-refractivity contribution in [2.45, 2.75) is 11.5 Å². The minimum atomic E-state index is -3.98. The van der Waals surface area contributed by atoms with Crippen molar-refractivity contribution in [1.82, 2.24) is 0 Å². The summed E-state index contributed by atoms with van der Waals surface area (Å²) in [5, 5.41) is 8.84. The summed E-state index contributed by atoms with van der Waals surface area (Å²) in [6, 6.07) is 4.44. The molecular weight excluding hydrogens is 377 g/mol. The fourth-order valence-corrected chi connectivity index (χ4v) is 3.78. The molecule has 0 saturated heterocycles. The topological polar surface area (TPSA) is 79.5 Å². The monoisotopic (exact) mass is 383 g/mol. The largest absolute Gasteiger partial charge is 0.450 e. The van der Waals surface area contributed by atoms with Crippen LogP contribution in [0.4, 0.5) is 10.1 Å². The van der Waals surface area contributed by atoms with Gasteiger partial charge in [-0.25, -0.2) is 12.8 Å². The summed E-state index contributed by atoms with van der Waals surface area (Å²) in [6.45, 7) is -0.439. The highest BCUT2D eigenvalue weighted by molar-refractivity contribution is 9.10. The molecule has 0 amide bonds. The minimum absolute atomic E-state index is 0.0340. The molecule has 108 valence electrons. The zero-order chi connectivity index (χ0) is 14.9. The third-order valence-corrected chi connectivity index (χ3v) is 4.86. The summed E-state index contributed by atoms with van der Waals surface area (Å²) >= 11 is 8.70. The van der Waals surface area contributed by atoms with Gasteiger partial charge >= 0.3 is 0 Å². The second-order valence-corrected chi connectivity index (χ2v) is 6.52. The second-order valence-electron chi connectivity index (χ2n) is 3.74. The SMILES string of the molecule is O=S(=O)(Nc1ccc(F)cc1Cl)c1cc(CO)oc1Br. The lowest BCUT2D eigenvalue weighted by Gasteiger charge is -2.08. The molecule has 0 aliphatic carbocycles. The van der Waals surface area contributed by atoms with Crippen molar-refractivity contribution in [3.63, 3.8) is 0 Å². The number of nitrogens with one attached hydrogen (secondary N) is 1. The summed E-state index contributed by atoms with van der Waals surface area (Å²) in [7, 11) is -3.98. The number of hydrogen-bond donors (Lipinski definition) is 2. The van der Waals surface area contributed by atoms with Crippen LogP contribution in [0.25, 0.3) is 0 Å². The lowest BCUT2D eigenvalue weighted by molar-refractivity contribution is 0.245. The average Bonchev–Trinajstić information content (AvgIpc) is 2.75. The van der Waals surface area contributed by atoms with E-state index < -0.39 is 22.4 Å². The molecule has 0 atom stereocenters. The maximum atomic E-state index is 12.9. The number of halogens is 3. The molecule has 20 heavy (non-hydrogen) atoms. The van der Waals surface area contributed by atoms with Crippen molar-refractivity contribution in [2.24, 2.45) is 0 Å². The third-order valence-electron chi connectivity index (χ3n) is 2.33. The van der Waals surface area contributed by atoms with Crippen molar-refractivity contribution in [3.8, 4) is 0 Å². The van der Waals surface area contributed by atoms with E-state index in [0.29, 0.717) is 0 Å². The van der Waals surface area contributed by atoms with E-state index in [4.69, 9.17) is 21.1 Å². The summed E-state index contributed by atoms with van der Waals surface area (Å²) in [6.07, 6.45) is 0. The van der Waals surface area contributed by atoms with E-state index in [1.165, 1.54) is 12.1 Å². The van der Waals surface area contributed by atoms with E-state index in [0.717, 1.165) is 12.1 Å². The first-order valence-corrected chi connectivity index (χ1v) is 7.86. The van der Waals surface area contributed by atoms with Crippen LogP contribution in [0.3, 0.4) is 0 Å². The molecule has 1 aromatic carbocycles. The van der Waals surface area contributed by atoms with Gasteiger partial charge in [0, 0.05) is 6.07 Å². The first kappa shape index (κ1) is 15.3. The first-order chi connectivity index (χ1) is 9.33. The van der Waals surface area contributed by atoms with Gasteiger partial charge in [-0.1, -0.05) is 11.6 Å². The molecule has 0 saturated carbocycles. The normalized spacial score (nSPS) is 11.6. The average molecular weight is 385 g/mol. The lowest BCUT2D eigenvalue weighted by Crippen LogP contribution is -2.13. The van der Waals surface area contributed by atoms with Gasteiger partial charge in [0.15, 0.2) is 4.67 Å². The zero-order valence-electron chi connectivity index (χ0n) is 9.73. The van der Waals surface area contributed by atoms with E-state index in [-0.39, 0.29) is 26.0 Å². The van der Waals surface area contributed by atoms with Crippen LogP contribution in [0.15, 0.2) is 38.2 Å². The number of sulfonamides is 1. The predicted molar refractivity (Wildman–Crippen MR) is 74.5 cm³/mol. The number of anilines is 1. The summed E-state index contributed by atoms with van der Waals surface area (Å²) in [5.74, 6) is -0.493. The Morgan fingerprint density at radius 1 is 1.40 bits per heavy atom. The molecule has 2 aromatic rings. The minimum Gasteiger partial charge on any atom is -0.450 e. The Balaban J connectivity index is 2.38. The zero-order valence-corrected chi connectivity index (χ0v) is 12.9. The van der Waals surface area contributed by atoms with Gasteiger partial charge in [-0.2, -0.15) is 0 Å². The molecule has 0 spiro atoms. The molecule has 0 aliphatic rings. The van der Waals surface area contributed by atoms with Crippen molar-refractivity contribution < 1.29 is 22.3 Å². The maximum absolute atomic E-state index is 12.9. The van der Waals surface area contributed by atoms with Gasteiger partial charge in [0.1, 0.15) is 23.1 Å². The molecule has 0 bridgehead atoms. The van der Waals surface area contributed by atoms with Crippen LogP contribution >= 0.6 is 27.5 Å². The molecule has 2 rings (SSSR count). The number of aliphatic hydroxyl groups excluding tert-OH is 1. The molecule has 0 radical (unpaired) electrons. The van der Waals surface area contributed by atoms with E-state index in [9.17, 15) is 12.8 Å². The standard InChI is InChI=1S/C11H8BrClFNO4S/c12-11-10(4-7(5-16)19-11)20(17,18)15-9-2-1-6(14)3-8(9)13/h1-4,15-16H,5H2. The Morgan fingerprint density at radius 3 is 2.65 bits per heavy atom. The first-order valence-electron chi connectivity index (χ1n) is 5.20. The number of hydrogen-bond acceptors (Lipinski definition) is 4. The van der Waals surface area contributed by atoms with Crippen LogP contribution in [0, 0.1) is 5.82 Å². The maximum Gasteiger partial charge on any atom is 0.266 e. The Hall–Kier alpha value is -1.09. The molecule has 9 heteroatoms. The van der Waals surface area contributed by atoms with Crippen LogP contribution in [-0.2, 0) is 16.6 Å². The summed E-state index contributed by atoms with van der Waals surface area (Å²) < 4.78 is 44.4. The molecule has 0 unspecified atom stereocenters. The fraction of sp³-hybridized carbons (Fsp3) is 0.0909. The molecule has 0 aliphatic heterocycles. The predicted octanol–water partition coefficient (Wildman–Crippen LogP) is 3.13. The van der Waals surface area contributed by atoms with Gasteiger partial charge in [0.2, 0.25) is 0 Å². The van der Waals surface area contributed by atoms with Gasteiger partial charge < -0.3 is 9.52 Å². The Bertz CT molecular complexity index is 747. The highest BCUT2D eigenvalue weighted by atomic mass is 79.9. The van der Waals surface area contributed by atoms with Crippen LogP contribution in [0.1, 0.15) is 5.76 Å². The molecular formula is C11H8BrClFNO4S. The molecule has 1 heterocycles. The highest BCUT2D eigenvalue weighted by Gasteiger charge is 2.23. The highest BCUT2D eigenvalue weighted by Crippen LogP contribution is 2.30. The van der Waals surface area contributed by atoms with Crippen LogP contribution in [0.2, 0.25) is 5.02 Å². The van der Waals surface area contributed by atoms with Crippen molar-refractivity contribution >= 4 is 43.2 Å². The smallest absolute Gasteiger partial charge is 0.266 e. The quantitative estimate of drug-likeness (QED) is 0.849. The molecule has 2 N–H and O–H groups in total. The van der Waals surface area contributed by atoms with Crippen molar-refractivity contribution in [1.29, 1.82) is 0 Å². The Labute approximate surface area is 127 Å². The number of furan rings is 1. The lowest BCUT2D eigenvalue weighted by atomic mass is 10.3. The van der Waals surface area contributed by atoms with Crippen LogP contribution in [0.5, 0.6) is 0 Å². The van der Waals surface area contributed by atoms with Crippen LogP contribution < -0.4 is 4.72 Å². The summed E-state index contributed by atoms with van der Waals surface area (Å²) in [4.78, 5) is -0.193. The van der Waals surface area contributed by atoms with Crippen LogP contribution in [-0.4, -0.2) is 13.5 Å².